The molecule has 0 aromatic heterocycles. The molecule has 150 valence electrons. The Bertz CT molecular complexity index is 817. The van der Waals surface area contributed by atoms with Gasteiger partial charge < -0.3 is 40.1 Å². The van der Waals surface area contributed by atoms with E-state index in [9.17, 15) is 30.6 Å². The van der Waals surface area contributed by atoms with Gasteiger partial charge in [-0.2, -0.15) is 0 Å². The van der Waals surface area contributed by atoms with E-state index in [2.05, 4.69) is 0 Å². The molecule has 1 fully saturated rings. The largest absolute Gasteiger partial charge is 0.508 e. The van der Waals surface area contributed by atoms with Crippen molar-refractivity contribution in [1.82, 2.24) is 0 Å². The molecule has 2 aromatic rings. The molecule has 0 radical (unpaired) electrons. The van der Waals surface area contributed by atoms with Crippen LogP contribution < -0.4 is 4.74 Å². The number of rotatable bonds is 5. The lowest BCUT2D eigenvalue weighted by Crippen LogP contribution is -2.60. The highest BCUT2D eigenvalue weighted by Gasteiger charge is 2.44. The van der Waals surface area contributed by atoms with E-state index >= 15 is 0 Å². The molecule has 0 aliphatic carbocycles. The van der Waals surface area contributed by atoms with Gasteiger partial charge in [-0.25, -0.2) is 0 Å². The van der Waals surface area contributed by atoms with Gasteiger partial charge >= 0.3 is 0 Å². The Labute approximate surface area is 161 Å². The number of aliphatic hydroxyl groups excluding tert-OH is 4. The van der Waals surface area contributed by atoms with Gasteiger partial charge in [0.1, 0.15) is 41.7 Å². The smallest absolute Gasteiger partial charge is 0.229 e. The van der Waals surface area contributed by atoms with E-state index in [1.54, 1.807) is 42.5 Å². The van der Waals surface area contributed by atoms with E-state index in [1.807, 2.05) is 0 Å². The van der Waals surface area contributed by atoms with Crippen molar-refractivity contribution in [3.8, 4) is 17.2 Å². The van der Waals surface area contributed by atoms with Crippen molar-refractivity contribution < 1.29 is 40.1 Å². The number of aliphatic hydroxyl groups is 4. The maximum Gasteiger partial charge on any atom is 0.229 e. The number of phenols is 2. The van der Waals surface area contributed by atoms with Gasteiger partial charge in [0.2, 0.25) is 6.29 Å². The molecule has 0 saturated carbocycles. The number of phenolic OH excluding ortho intramolecular Hbond substituents is 2. The average Bonchev–Trinajstić information content (AvgIpc) is 2.67. The van der Waals surface area contributed by atoms with Crippen LogP contribution in [0.5, 0.6) is 17.2 Å². The number of hydrogen-bond donors (Lipinski definition) is 6. The maximum atomic E-state index is 10.1. The second-order valence-electron chi connectivity index (χ2n) is 6.50. The van der Waals surface area contributed by atoms with E-state index in [1.165, 1.54) is 12.1 Å². The van der Waals surface area contributed by atoms with Crippen molar-refractivity contribution in [2.45, 2.75) is 30.7 Å². The van der Waals surface area contributed by atoms with Crippen molar-refractivity contribution in [3.05, 3.63) is 53.6 Å². The minimum absolute atomic E-state index is 0.0903. The van der Waals surface area contributed by atoms with E-state index in [-0.39, 0.29) is 17.2 Å². The normalized spacial score (nSPS) is 27.8. The second kappa shape index (κ2) is 8.59. The number of hydrogen-bond acceptors (Lipinski definition) is 8. The Hall–Kier alpha value is -2.62. The van der Waals surface area contributed by atoms with Crippen molar-refractivity contribution >= 4 is 12.2 Å². The summed E-state index contributed by atoms with van der Waals surface area (Å²) in [6.07, 6.45) is -3.52. The molecule has 0 amide bonds. The third kappa shape index (κ3) is 4.61. The van der Waals surface area contributed by atoms with Crippen LogP contribution >= 0.6 is 0 Å². The molecular formula is C20H22O8. The summed E-state index contributed by atoms with van der Waals surface area (Å²) >= 11 is 0. The highest BCUT2D eigenvalue weighted by Crippen LogP contribution is 2.28. The van der Waals surface area contributed by atoms with Crippen molar-refractivity contribution in [3.63, 3.8) is 0 Å². The summed E-state index contributed by atoms with van der Waals surface area (Å²) < 4.78 is 10.8. The van der Waals surface area contributed by atoms with E-state index in [0.29, 0.717) is 5.56 Å². The monoisotopic (exact) mass is 390 g/mol. The van der Waals surface area contributed by atoms with Gasteiger partial charge in [-0.05, 0) is 35.4 Å². The fourth-order valence-electron chi connectivity index (χ4n) is 2.85. The first-order valence-corrected chi connectivity index (χ1v) is 8.65. The van der Waals surface area contributed by atoms with Gasteiger partial charge in [-0.3, -0.25) is 0 Å². The third-order valence-electron chi connectivity index (χ3n) is 4.38. The minimum atomic E-state index is -1.55. The molecule has 0 bridgehead atoms. The Balaban J connectivity index is 1.76. The van der Waals surface area contributed by atoms with Crippen LogP contribution in [-0.4, -0.2) is 68.0 Å². The van der Waals surface area contributed by atoms with Crippen LogP contribution in [0.2, 0.25) is 0 Å². The summed E-state index contributed by atoms with van der Waals surface area (Å²) in [5, 5.41) is 58.2. The zero-order valence-corrected chi connectivity index (χ0v) is 14.8. The van der Waals surface area contributed by atoms with Crippen LogP contribution in [0.3, 0.4) is 0 Å². The lowest BCUT2D eigenvalue weighted by Gasteiger charge is -2.39. The summed E-state index contributed by atoms with van der Waals surface area (Å²) in [5.41, 5.74) is 1.42. The Morgan fingerprint density at radius 1 is 0.821 bits per heavy atom. The van der Waals surface area contributed by atoms with Crippen LogP contribution in [0.15, 0.2) is 42.5 Å². The first kappa shape index (κ1) is 20.1. The summed E-state index contributed by atoms with van der Waals surface area (Å²) in [4.78, 5) is 0. The highest BCUT2D eigenvalue weighted by atomic mass is 16.7. The predicted molar refractivity (Wildman–Crippen MR) is 99.5 cm³/mol. The van der Waals surface area contributed by atoms with Crippen LogP contribution in [-0.2, 0) is 4.74 Å². The van der Waals surface area contributed by atoms with E-state index in [0.717, 1.165) is 5.56 Å². The summed E-state index contributed by atoms with van der Waals surface area (Å²) in [6, 6.07) is 10.9. The predicted octanol–water partition coefficient (Wildman–Crippen LogP) is 0.447. The van der Waals surface area contributed by atoms with Crippen molar-refractivity contribution in [2.75, 3.05) is 6.61 Å². The first-order chi connectivity index (χ1) is 13.4. The van der Waals surface area contributed by atoms with Crippen molar-refractivity contribution in [1.29, 1.82) is 0 Å². The molecule has 0 spiro atoms. The van der Waals surface area contributed by atoms with Crippen molar-refractivity contribution in [2.24, 2.45) is 0 Å². The maximum absolute atomic E-state index is 10.1. The molecule has 1 saturated heterocycles. The molecule has 1 heterocycles. The van der Waals surface area contributed by atoms with Crippen LogP contribution in [0.1, 0.15) is 11.1 Å². The zero-order valence-electron chi connectivity index (χ0n) is 14.8. The molecule has 8 heteroatoms. The zero-order chi connectivity index (χ0) is 20.3. The van der Waals surface area contributed by atoms with Crippen LogP contribution in [0.4, 0.5) is 0 Å². The van der Waals surface area contributed by atoms with E-state index < -0.39 is 37.3 Å². The lowest BCUT2D eigenvalue weighted by molar-refractivity contribution is -0.277. The Morgan fingerprint density at radius 2 is 1.50 bits per heavy atom. The van der Waals surface area contributed by atoms with Crippen LogP contribution in [0, 0.1) is 0 Å². The molecule has 28 heavy (non-hydrogen) atoms. The molecule has 8 nitrogen and oxygen atoms in total. The number of aromatic hydroxyl groups is 2. The van der Waals surface area contributed by atoms with Gasteiger partial charge in [0.15, 0.2) is 0 Å². The molecule has 5 atom stereocenters. The minimum Gasteiger partial charge on any atom is -0.508 e. The quantitative estimate of drug-likeness (QED) is 0.405. The molecular weight excluding hydrogens is 368 g/mol. The van der Waals surface area contributed by atoms with Crippen LogP contribution in [0.25, 0.3) is 12.2 Å². The molecule has 1 aliphatic heterocycles. The Kier molecular flexibility index (Phi) is 6.18. The SMILES string of the molecule is OC[C@@H]1O[C@H](Oc2cc(O)cc(C=Cc3ccc(O)cc3)c2)[C@@H](O)[C@H](O)[C@H]1O. The number of benzene rings is 2. The topological polar surface area (TPSA) is 140 Å². The van der Waals surface area contributed by atoms with E-state index in [4.69, 9.17) is 9.47 Å². The molecule has 6 N–H and O–H groups in total. The van der Waals surface area contributed by atoms with Gasteiger partial charge in [0.05, 0.1) is 6.61 Å². The van der Waals surface area contributed by atoms with Gasteiger partial charge in [0.25, 0.3) is 0 Å². The van der Waals surface area contributed by atoms with Gasteiger partial charge in [-0.1, -0.05) is 24.3 Å². The van der Waals surface area contributed by atoms with Gasteiger partial charge in [0, 0.05) is 6.07 Å². The molecule has 3 rings (SSSR count). The summed E-state index contributed by atoms with van der Waals surface area (Å²) in [6.45, 7) is -0.564. The van der Waals surface area contributed by atoms with Gasteiger partial charge in [-0.15, -0.1) is 0 Å². The number of ether oxygens (including phenoxy) is 2. The summed E-state index contributed by atoms with van der Waals surface area (Å²) in [7, 11) is 0. The molecule has 2 aromatic carbocycles. The molecule has 0 unspecified atom stereocenters. The lowest BCUT2D eigenvalue weighted by atomic mass is 9.99. The average molecular weight is 390 g/mol. The third-order valence-corrected chi connectivity index (χ3v) is 4.38. The standard InChI is InChI=1S/C20H22O8/c21-10-16-17(24)18(25)19(26)20(28-16)27-15-8-12(7-14(23)9-15)2-1-11-3-5-13(22)6-4-11/h1-9,16-26H,10H2/t16-,17-,18+,19-,20-/m0/s1. The molecule has 1 aliphatic rings. The fourth-order valence-corrected chi connectivity index (χ4v) is 2.85. The highest BCUT2D eigenvalue weighted by molar-refractivity contribution is 5.71. The summed E-state index contributed by atoms with van der Waals surface area (Å²) in [5.74, 6) is 0.229. The Morgan fingerprint density at radius 3 is 2.18 bits per heavy atom. The fraction of sp³-hybridized carbons (Fsp3) is 0.300. The second-order valence-corrected chi connectivity index (χ2v) is 6.50. The first-order valence-electron chi connectivity index (χ1n) is 8.65.